The van der Waals surface area contributed by atoms with E-state index in [0.717, 1.165) is 23.2 Å². The predicted molar refractivity (Wildman–Crippen MR) is 64.0 cm³/mol. The minimum atomic E-state index is -0.328. The van der Waals surface area contributed by atoms with Gasteiger partial charge >= 0.3 is 0 Å². The topological polar surface area (TPSA) is 48.9 Å². The van der Waals surface area contributed by atoms with E-state index in [-0.39, 0.29) is 11.9 Å². The number of rotatable bonds is 4. The molecule has 2 aromatic rings. The third kappa shape index (κ3) is 2.91. The van der Waals surface area contributed by atoms with Crippen LogP contribution in [0.3, 0.4) is 0 Å². The zero-order valence-electron chi connectivity index (χ0n) is 9.65. The van der Waals surface area contributed by atoms with Gasteiger partial charge in [0.05, 0.1) is 18.0 Å². The van der Waals surface area contributed by atoms with Crippen molar-refractivity contribution in [2.24, 2.45) is 0 Å². The summed E-state index contributed by atoms with van der Waals surface area (Å²) in [6.45, 7) is 1.76. The Labute approximate surface area is 99.3 Å². The van der Waals surface area contributed by atoms with Crippen molar-refractivity contribution >= 4 is 0 Å². The lowest BCUT2D eigenvalue weighted by molar-refractivity contribution is 0.185. The molecule has 0 aliphatic heterocycles. The zero-order chi connectivity index (χ0) is 12.3. The molecule has 0 bridgehead atoms. The van der Waals surface area contributed by atoms with E-state index < -0.39 is 0 Å². The van der Waals surface area contributed by atoms with Gasteiger partial charge in [0.15, 0.2) is 0 Å². The van der Waals surface area contributed by atoms with Gasteiger partial charge in [-0.25, -0.2) is 4.39 Å². The monoisotopic (exact) mass is 234 g/mol. The minimum Gasteiger partial charge on any atom is -0.393 e. The molecule has 2 rings (SSSR count). The van der Waals surface area contributed by atoms with Crippen molar-refractivity contribution < 1.29 is 9.50 Å². The Morgan fingerprint density at radius 2 is 2.06 bits per heavy atom. The Bertz CT molecular complexity index is 476. The first-order chi connectivity index (χ1) is 8.16. The fraction of sp³-hybridized carbons (Fsp3) is 0.308. The molecule has 1 atom stereocenters. The first-order valence-electron chi connectivity index (χ1n) is 5.63. The number of hydrogen-bond acceptors (Lipinski definition) is 2. The number of nitrogens with zero attached hydrogens (tertiary/aromatic N) is 1. The summed E-state index contributed by atoms with van der Waals surface area (Å²) in [6, 6.07) is 6.28. The van der Waals surface area contributed by atoms with Gasteiger partial charge in [0.2, 0.25) is 0 Å². The first-order valence-corrected chi connectivity index (χ1v) is 5.63. The van der Waals surface area contributed by atoms with Crippen molar-refractivity contribution in [3.8, 4) is 11.3 Å². The Morgan fingerprint density at radius 1 is 1.35 bits per heavy atom. The van der Waals surface area contributed by atoms with Crippen molar-refractivity contribution in [1.29, 1.82) is 0 Å². The first kappa shape index (κ1) is 11.8. The van der Waals surface area contributed by atoms with Gasteiger partial charge in [0.1, 0.15) is 5.82 Å². The number of hydrogen-bond donors (Lipinski definition) is 2. The predicted octanol–water partition coefficient (Wildman–Crippen LogP) is 2.53. The number of aliphatic hydroxyl groups excluding tert-OH is 1. The van der Waals surface area contributed by atoms with Gasteiger partial charge in [-0.15, -0.1) is 0 Å². The van der Waals surface area contributed by atoms with Crippen LogP contribution < -0.4 is 0 Å². The molecule has 1 aromatic heterocycles. The highest BCUT2D eigenvalue weighted by Crippen LogP contribution is 2.22. The lowest BCUT2D eigenvalue weighted by Crippen LogP contribution is -2.01. The Morgan fingerprint density at radius 3 is 2.71 bits per heavy atom. The van der Waals surface area contributed by atoms with Crippen molar-refractivity contribution in [3.63, 3.8) is 0 Å². The molecule has 1 heterocycles. The van der Waals surface area contributed by atoms with Crippen LogP contribution in [0, 0.1) is 5.82 Å². The summed E-state index contributed by atoms with van der Waals surface area (Å²) >= 11 is 0. The van der Waals surface area contributed by atoms with Gasteiger partial charge in [-0.1, -0.05) is 0 Å². The van der Waals surface area contributed by atoms with Crippen LogP contribution >= 0.6 is 0 Å². The largest absolute Gasteiger partial charge is 0.393 e. The van der Waals surface area contributed by atoms with Gasteiger partial charge < -0.3 is 5.11 Å². The summed E-state index contributed by atoms with van der Waals surface area (Å²) in [5.74, 6) is -0.251. The molecule has 0 saturated carbocycles. The van der Waals surface area contributed by atoms with Gasteiger partial charge in [-0.05, 0) is 49.6 Å². The Hall–Kier alpha value is -1.68. The van der Waals surface area contributed by atoms with Crippen LogP contribution in [0.2, 0.25) is 0 Å². The molecular formula is C13H15FN2O. The lowest BCUT2D eigenvalue weighted by Gasteiger charge is -2.05. The third-order valence-corrected chi connectivity index (χ3v) is 2.68. The molecule has 0 radical (unpaired) electrons. The van der Waals surface area contributed by atoms with Gasteiger partial charge in [0.25, 0.3) is 0 Å². The molecule has 17 heavy (non-hydrogen) atoms. The third-order valence-electron chi connectivity index (χ3n) is 2.68. The highest BCUT2D eigenvalue weighted by molar-refractivity contribution is 5.62. The van der Waals surface area contributed by atoms with E-state index in [0.29, 0.717) is 6.42 Å². The number of aryl methyl sites for hydroxylation is 1. The summed E-state index contributed by atoms with van der Waals surface area (Å²) in [7, 11) is 0. The van der Waals surface area contributed by atoms with E-state index in [9.17, 15) is 9.50 Å². The number of aromatic nitrogens is 2. The number of aliphatic hydroxyl groups is 1. The van der Waals surface area contributed by atoms with Gasteiger partial charge in [-0.3, -0.25) is 5.10 Å². The number of aromatic amines is 1. The molecule has 2 N–H and O–H groups in total. The molecule has 90 valence electrons. The molecule has 0 aliphatic carbocycles. The summed E-state index contributed by atoms with van der Waals surface area (Å²) in [6.07, 6.45) is 2.86. The second-order valence-corrected chi connectivity index (χ2v) is 4.16. The number of H-pyrrole nitrogens is 1. The van der Waals surface area contributed by atoms with E-state index in [1.54, 1.807) is 25.3 Å². The van der Waals surface area contributed by atoms with Crippen molar-refractivity contribution in [1.82, 2.24) is 10.2 Å². The molecule has 0 saturated heterocycles. The van der Waals surface area contributed by atoms with E-state index in [1.165, 1.54) is 12.1 Å². The number of halogens is 1. The highest BCUT2D eigenvalue weighted by Gasteiger charge is 2.08. The maximum Gasteiger partial charge on any atom is 0.123 e. The average Bonchev–Trinajstić information content (AvgIpc) is 2.75. The van der Waals surface area contributed by atoms with Gasteiger partial charge in [0, 0.05) is 5.56 Å². The quantitative estimate of drug-likeness (QED) is 0.854. The van der Waals surface area contributed by atoms with Crippen LogP contribution in [0.5, 0.6) is 0 Å². The van der Waals surface area contributed by atoms with E-state index in [2.05, 4.69) is 10.2 Å². The van der Waals surface area contributed by atoms with E-state index in [4.69, 9.17) is 0 Å². The van der Waals surface area contributed by atoms with E-state index >= 15 is 0 Å². The molecule has 0 fully saturated rings. The molecule has 0 amide bonds. The van der Waals surface area contributed by atoms with Crippen LogP contribution in [-0.4, -0.2) is 21.4 Å². The maximum atomic E-state index is 12.8. The van der Waals surface area contributed by atoms with Crippen LogP contribution in [0.25, 0.3) is 11.3 Å². The van der Waals surface area contributed by atoms with E-state index in [1.807, 2.05) is 0 Å². The standard InChI is InChI=1S/C13H15FN2O/c1-9(17)2-3-11-8-15-16-13(11)10-4-6-12(14)7-5-10/h4-9,17H,2-3H2,1H3,(H,15,16)/t9-/m0/s1. The molecule has 0 spiro atoms. The second kappa shape index (κ2) is 5.10. The Kier molecular flexibility index (Phi) is 3.54. The summed E-state index contributed by atoms with van der Waals surface area (Å²) in [5.41, 5.74) is 2.84. The van der Waals surface area contributed by atoms with Crippen molar-refractivity contribution in [2.75, 3.05) is 0 Å². The summed E-state index contributed by atoms with van der Waals surface area (Å²) in [4.78, 5) is 0. The molecule has 4 heteroatoms. The van der Waals surface area contributed by atoms with Crippen LogP contribution in [-0.2, 0) is 6.42 Å². The Balaban J connectivity index is 2.21. The van der Waals surface area contributed by atoms with Crippen LogP contribution in [0.1, 0.15) is 18.9 Å². The maximum absolute atomic E-state index is 12.8. The molecule has 0 aliphatic rings. The molecule has 0 unspecified atom stereocenters. The SMILES string of the molecule is C[C@H](O)CCc1cn[nH]c1-c1ccc(F)cc1. The van der Waals surface area contributed by atoms with Gasteiger partial charge in [-0.2, -0.15) is 5.10 Å². The fourth-order valence-electron chi connectivity index (χ4n) is 1.73. The minimum absolute atomic E-state index is 0.251. The number of benzene rings is 1. The highest BCUT2D eigenvalue weighted by atomic mass is 19.1. The number of nitrogens with one attached hydrogen (secondary N) is 1. The smallest absolute Gasteiger partial charge is 0.123 e. The molecule has 1 aromatic carbocycles. The fourth-order valence-corrected chi connectivity index (χ4v) is 1.73. The average molecular weight is 234 g/mol. The van der Waals surface area contributed by atoms with Crippen molar-refractivity contribution in [2.45, 2.75) is 25.9 Å². The van der Waals surface area contributed by atoms with Crippen LogP contribution in [0.4, 0.5) is 4.39 Å². The summed E-state index contributed by atoms with van der Waals surface area (Å²) in [5, 5.41) is 16.2. The molecule has 3 nitrogen and oxygen atoms in total. The second-order valence-electron chi connectivity index (χ2n) is 4.16. The zero-order valence-corrected chi connectivity index (χ0v) is 9.65. The van der Waals surface area contributed by atoms with Crippen LogP contribution in [0.15, 0.2) is 30.5 Å². The van der Waals surface area contributed by atoms with Crippen molar-refractivity contribution in [3.05, 3.63) is 41.8 Å². The normalized spacial score (nSPS) is 12.6. The molecular weight excluding hydrogens is 219 g/mol. The lowest BCUT2D eigenvalue weighted by atomic mass is 10.0. The summed E-state index contributed by atoms with van der Waals surface area (Å²) < 4.78 is 12.8.